The molecule has 2 unspecified atom stereocenters. The van der Waals surface area contributed by atoms with Crippen LogP contribution in [0.1, 0.15) is 47.5 Å². The fourth-order valence-corrected chi connectivity index (χ4v) is 5.50. The summed E-state index contributed by atoms with van der Waals surface area (Å²) in [7, 11) is 0. The number of ketones is 1. The fourth-order valence-electron chi connectivity index (χ4n) is 4.14. The Morgan fingerprint density at radius 2 is 1.72 bits per heavy atom. The maximum atomic E-state index is 12.9. The van der Waals surface area contributed by atoms with Crippen molar-refractivity contribution >= 4 is 75.4 Å². The van der Waals surface area contributed by atoms with Gasteiger partial charge in [0.15, 0.2) is 5.78 Å². The molecule has 32 heavy (non-hydrogen) atoms. The normalized spacial score (nSPS) is 22.4. The Kier molecular flexibility index (Phi) is 6.44. The van der Waals surface area contributed by atoms with E-state index in [1.165, 1.54) is 6.07 Å². The molecule has 0 aliphatic heterocycles. The van der Waals surface area contributed by atoms with Crippen molar-refractivity contribution in [1.82, 2.24) is 0 Å². The lowest BCUT2D eigenvalue weighted by atomic mass is 9.66. The number of rotatable bonds is 6. The van der Waals surface area contributed by atoms with Gasteiger partial charge in [-0.1, -0.05) is 47.3 Å². The molecule has 2 aliphatic carbocycles. The van der Waals surface area contributed by atoms with Crippen LogP contribution in [-0.2, 0) is 4.79 Å². The first-order chi connectivity index (χ1) is 15.1. The van der Waals surface area contributed by atoms with Crippen molar-refractivity contribution in [3.05, 3.63) is 62.6 Å². The van der Waals surface area contributed by atoms with Gasteiger partial charge in [-0.3, -0.25) is 9.59 Å². The summed E-state index contributed by atoms with van der Waals surface area (Å²) in [6.07, 6.45) is 2.45. The van der Waals surface area contributed by atoms with E-state index >= 15 is 0 Å². The lowest BCUT2D eigenvalue weighted by Gasteiger charge is -2.34. The van der Waals surface area contributed by atoms with E-state index in [-0.39, 0.29) is 28.7 Å². The first-order valence-electron chi connectivity index (χ1n) is 9.96. The molecule has 2 aromatic rings. The highest BCUT2D eigenvalue weighted by Gasteiger charge is 2.67. The van der Waals surface area contributed by atoms with E-state index < -0.39 is 21.6 Å². The summed E-state index contributed by atoms with van der Waals surface area (Å²) in [6, 6.07) is 11.9. The Bertz CT molecular complexity index is 1150. The van der Waals surface area contributed by atoms with Crippen LogP contribution in [0.25, 0.3) is 0 Å². The number of Topliss-reactive ketones (excluding diaryl/α,β-unsaturated/α-hetero) is 1. The molecule has 0 bridgehead atoms. The third-order valence-electron chi connectivity index (χ3n) is 6.22. The minimum atomic E-state index is -1.30. The summed E-state index contributed by atoms with van der Waals surface area (Å²) >= 11 is 31.1. The second-order valence-corrected chi connectivity index (χ2v) is 11.0. The molecule has 1 N–H and O–H groups in total. The van der Waals surface area contributed by atoms with Gasteiger partial charge >= 0.3 is 0 Å². The fraction of sp³-hybridized carbons (Fsp3) is 0.348. The zero-order valence-electron chi connectivity index (χ0n) is 16.6. The molecule has 0 aromatic heterocycles. The molecule has 4 nitrogen and oxygen atoms in total. The second kappa shape index (κ2) is 8.70. The van der Waals surface area contributed by atoms with E-state index in [9.17, 15) is 14.9 Å². The number of hydrogen-bond acceptors (Lipinski definition) is 3. The van der Waals surface area contributed by atoms with E-state index in [0.717, 1.165) is 6.42 Å². The van der Waals surface area contributed by atoms with E-state index in [2.05, 4.69) is 11.4 Å². The molecule has 9 heteroatoms. The standard InChI is InChI=1S/C23H17Cl5N2O2/c24-15-5-3-13(9-14(15)18(31)10-22(11-29)6-1-7-22)30-21(32)20-19(23(20,27)28)12-2-4-16(25)17(26)8-12/h2-5,8-9,19-20H,1,6-7,10H2,(H,30,32). The van der Waals surface area contributed by atoms with Gasteiger partial charge in [0, 0.05) is 23.6 Å². The van der Waals surface area contributed by atoms with Gasteiger partial charge in [0.2, 0.25) is 5.91 Å². The van der Waals surface area contributed by atoms with Crippen LogP contribution in [0.2, 0.25) is 15.1 Å². The predicted octanol–water partition coefficient (Wildman–Crippen LogP) is 7.44. The lowest BCUT2D eigenvalue weighted by molar-refractivity contribution is -0.117. The Balaban J connectivity index is 1.50. The maximum Gasteiger partial charge on any atom is 0.231 e. The van der Waals surface area contributed by atoms with Crippen molar-refractivity contribution in [2.24, 2.45) is 11.3 Å². The number of nitrogens with zero attached hydrogens (tertiary/aromatic N) is 1. The van der Waals surface area contributed by atoms with Gasteiger partial charge < -0.3 is 5.32 Å². The van der Waals surface area contributed by atoms with Crippen molar-refractivity contribution < 1.29 is 9.59 Å². The second-order valence-electron chi connectivity index (χ2n) is 8.33. The molecule has 2 fully saturated rings. The number of nitrogens with one attached hydrogen (secondary N) is 1. The molecule has 2 saturated carbocycles. The summed E-state index contributed by atoms with van der Waals surface area (Å²) in [5, 5.41) is 13.2. The zero-order chi connectivity index (χ0) is 23.3. The van der Waals surface area contributed by atoms with Crippen LogP contribution in [0.15, 0.2) is 36.4 Å². The van der Waals surface area contributed by atoms with E-state index in [1.54, 1.807) is 30.3 Å². The van der Waals surface area contributed by atoms with E-state index in [0.29, 0.717) is 34.1 Å². The summed E-state index contributed by atoms with van der Waals surface area (Å²) < 4.78 is -1.30. The molecule has 4 rings (SSSR count). The number of benzene rings is 2. The van der Waals surface area contributed by atoms with Gasteiger partial charge in [0.25, 0.3) is 0 Å². The summed E-state index contributed by atoms with van der Waals surface area (Å²) in [4.78, 5) is 25.7. The van der Waals surface area contributed by atoms with Crippen LogP contribution < -0.4 is 5.32 Å². The molecular formula is C23H17Cl5N2O2. The highest BCUT2D eigenvalue weighted by atomic mass is 35.5. The van der Waals surface area contributed by atoms with Crippen molar-refractivity contribution in [1.29, 1.82) is 5.26 Å². The molecule has 0 spiro atoms. The van der Waals surface area contributed by atoms with Gasteiger partial charge in [-0.25, -0.2) is 0 Å². The SMILES string of the molecule is N#CC1(CC(=O)c2cc(NC(=O)C3C(c4ccc(Cl)c(Cl)c4)C3(Cl)Cl)ccc2Cl)CCC1. The molecule has 2 atom stereocenters. The van der Waals surface area contributed by atoms with Crippen LogP contribution in [0.4, 0.5) is 5.69 Å². The zero-order valence-corrected chi connectivity index (χ0v) is 20.4. The summed E-state index contributed by atoms with van der Waals surface area (Å²) in [5.41, 5.74) is 0.758. The summed E-state index contributed by atoms with van der Waals surface area (Å²) in [6.45, 7) is 0. The number of carbonyl (C=O) groups excluding carboxylic acids is 2. The molecule has 2 aliphatic rings. The number of carbonyl (C=O) groups is 2. The van der Waals surface area contributed by atoms with Gasteiger partial charge in [-0.05, 0) is 48.7 Å². The third kappa shape index (κ3) is 4.34. The maximum absolute atomic E-state index is 12.9. The van der Waals surface area contributed by atoms with Crippen molar-refractivity contribution in [3.63, 3.8) is 0 Å². The van der Waals surface area contributed by atoms with Crippen LogP contribution in [0.5, 0.6) is 0 Å². The monoisotopic (exact) mass is 528 g/mol. The van der Waals surface area contributed by atoms with Crippen LogP contribution in [0, 0.1) is 22.7 Å². The third-order valence-corrected chi connectivity index (χ3v) is 8.23. The molecule has 166 valence electrons. The molecule has 0 heterocycles. The highest BCUT2D eigenvalue weighted by molar-refractivity contribution is 6.53. The number of halogens is 5. The lowest BCUT2D eigenvalue weighted by Crippen LogP contribution is -2.30. The Morgan fingerprint density at radius 3 is 2.31 bits per heavy atom. The Morgan fingerprint density at radius 1 is 1.03 bits per heavy atom. The minimum Gasteiger partial charge on any atom is -0.326 e. The van der Waals surface area contributed by atoms with Gasteiger partial charge in [0.1, 0.15) is 4.33 Å². The minimum absolute atomic E-state index is 0.106. The smallest absolute Gasteiger partial charge is 0.231 e. The topological polar surface area (TPSA) is 70.0 Å². The van der Waals surface area contributed by atoms with Crippen LogP contribution >= 0.6 is 58.0 Å². The predicted molar refractivity (Wildman–Crippen MR) is 128 cm³/mol. The van der Waals surface area contributed by atoms with Crippen molar-refractivity contribution in [2.45, 2.75) is 35.9 Å². The van der Waals surface area contributed by atoms with E-state index in [1.807, 2.05) is 0 Å². The number of alkyl halides is 2. The van der Waals surface area contributed by atoms with Gasteiger partial charge in [0.05, 0.1) is 32.5 Å². The largest absolute Gasteiger partial charge is 0.326 e. The van der Waals surface area contributed by atoms with Crippen molar-refractivity contribution in [3.8, 4) is 6.07 Å². The van der Waals surface area contributed by atoms with Crippen molar-refractivity contribution in [2.75, 3.05) is 5.32 Å². The number of anilines is 1. The number of nitriles is 1. The van der Waals surface area contributed by atoms with Gasteiger partial charge in [-0.2, -0.15) is 5.26 Å². The van der Waals surface area contributed by atoms with E-state index in [4.69, 9.17) is 58.0 Å². The molecular weight excluding hydrogens is 514 g/mol. The number of hydrogen-bond donors (Lipinski definition) is 1. The van der Waals surface area contributed by atoms with Crippen LogP contribution in [0.3, 0.4) is 0 Å². The number of amides is 1. The first-order valence-corrected chi connectivity index (χ1v) is 11.8. The molecule has 2 aromatic carbocycles. The highest BCUT2D eigenvalue weighted by Crippen LogP contribution is 2.65. The quantitative estimate of drug-likeness (QED) is 0.312. The summed E-state index contributed by atoms with van der Waals surface area (Å²) in [5.74, 6) is -1.78. The van der Waals surface area contributed by atoms with Crippen LogP contribution in [-0.4, -0.2) is 16.0 Å². The molecule has 1 amide bonds. The first kappa shape index (κ1) is 23.7. The average molecular weight is 531 g/mol. The average Bonchev–Trinajstić information content (AvgIpc) is 3.30. The Labute approximate surface area is 210 Å². The van der Waals surface area contributed by atoms with Gasteiger partial charge in [-0.15, -0.1) is 23.2 Å². The molecule has 0 radical (unpaired) electrons. The Hall–Kier alpha value is -1.48. The molecule has 0 saturated heterocycles.